The predicted molar refractivity (Wildman–Crippen MR) is 141 cm³/mol. The van der Waals surface area contributed by atoms with Gasteiger partial charge in [0.2, 0.25) is 12.2 Å². The van der Waals surface area contributed by atoms with E-state index in [0.717, 1.165) is 11.1 Å². The summed E-state index contributed by atoms with van der Waals surface area (Å²) in [6.07, 6.45) is -0.133. The van der Waals surface area contributed by atoms with Gasteiger partial charge in [-0.2, -0.15) is 0 Å². The number of anilines is 1. The highest BCUT2D eigenvalue weighted by molar-refractivity contribution is 7.51. The molecule has 2 aliphatic rings. The van der Waals surface area contributed by atoms with E-state index < -0.39 is 44.5 Å². The number of hydrogen-bond acceptors (Lipinski definition) is 8. The fourth-order valence-corrected chi connectivity index (χ4v) is 5.08. The zero-order valence-corrected chi connectivity index (χ0v) is 22.0. The van der Waals surface area contributed by atoms with Crippen molar-refractivity contribution in [2.45, 2.75) is 69.2 Å². The molecule has 0 unspecified atom stereocenters. The van der Waals surface area contributed by atoms with Gasteiger partial charge >= 0.3 is 7.60 Å². The summed E-state index contributed by atoms with van der Waals surface area (Å²) >= 11 is 0. The van der Waals surface area contributed by atoms with Gasteiger partial charge in [-0.1, -0.05) is 12.1 Å². The number of aliphatic hydroxyl groups is 3. The molecule has 0 aliphatic carbocycles. The molecule has 1 amide bonds. The smallest absolute Gasteiger partial charge is 0.325 e. The second-order valence-electron chi connectivity index (χ2n) is 9.61. The summed E-state index contributed by atoms with van der Waals surface area (Å²) in [6, 6.07) is 10.5. The Morgan fingerprint density at radius 1 is 1.05 bits per heavy atom. The van der Waals surface area contributed by atoms with Crippen LogP contribution in [0, 0.1) is 12.3 Å². The Balaban J connectivity index is 1.47. The third-order valence-electron chi connectivity index (χ3n) is 6.62. The minimum atomic E-state index is -4.37. The summed E-state index contributed by atoms with van der Waals surface area (Å²) in [5.74, 6) is 3.67. The SMILES string of the molecule is C#CCCCC(=O)Nc1ccc2c(c1)Oc1cc(O[C@H]3O[C@H](CCP(=O)(O)O)[C@@H](O)[C@H](O)[C@@H]3O)ccc1CC2. The van der Waals surface area contributed by atoms with Gasteiger partial charge in [-0.05, 0) is 48.9 Å². The van der Waals surface area contributed by atoms with E-state index in [-0.39, 0.29) is 18.1 Å². The van der Waals surface area contributed by atoms with E-state index in [9.17, 15) is 24.7 Å². The van der Waals surface area contributed by atoms with Crippen molar-refractivity contribution in [2.24, 2.45) is 0 Å². The van der Waals surface area contributed by atoms with E-state index in [4.69, 9.17) is 30.4 Å². The van der Waals surface area contributed by atoms with Crippen molar-refractivity contribution in [3.05, 3.63) is 47.5 Å². The summed E-state index contributed by atoms with van der Waals surface area (Å²) < 4.78 is 28.8. The molecule has 5 atom stereocenters. The van der Waals surface area contributed by atoms with E-state index in [2.05, 4.69) is 11.2 Å². The van der Waals surface area contributed by atoms with Gasteiger partial charge in [-0.15, -0.1) is 12.3 Å². The van der Waals surface area contributed by atoms with Crippen molar-refractivity contribution < 1.29 is 48.7 Å². The molecule has 0 aromatic heterocycles. The molecule has 1 fully saturated rings. The van der Waals surface area contributed by atoms with Crippen molar-refractivity contribution in [1.82, 2.24) is 0 Å². The largest absolute Gasteiger partial charge is 0.462 e. The van der Waals surface area contributed by atoms with Crippen molar-refractivity contribution in [3.63, 3.8) is 0 Å². The minimum Gasteiger partial charge on any atom is -0.462 e. The molecular weight excluding hydrogens is 529 g/mol. The number of fused-ring (bicyclic) bond motifs is 2. The highest BCUT2D eigenvalue weighted by atomic mass is 31.2. The number of unbranched alkanes of at least 4 members (excludes halogenated alkanes) is 1. The topological polar surface area (TPSA) is 175 Å². The van der Waals surface area contributed by atoms with Crippen LogP contribution in [0.15, 0.2) is 36.4 Å². The molecule has 210 valence electrons. The lowest BCUT2D eigenvalue weighted by Crippen LogP contribution is -2.59. The molecule has 0 bridgehead atoms. The molecule has 2 aromatic carbocycles. The summed E-state index contributed by atoms with van der Waals surface area (Å²) in [7, 11) is -4.37. The zero-order valence-electron chi connectivity index (χ0n) is 21.1. The monoisotopic (exact) mass is 561 g/mol. The van der Waals surface area contributed by atoms with Gasteiger partial charge in [-0.3, -0.25) is 9.36 Å². The number of terminal acetylenes is 1. The van der Waals surface area contributed by atoms with Crippen LogP contribution in [-0.4, -0.2) is 67.9 Å². The first-order valence-corrected chi connectivity index (χ1v) is 14.4. The molecule has 0 spiro atoms. The number of benzene rings is 2. The number of rotatable bonds is 9. The summed E-state index contributed by atoms with van der Waals surface area (Å²) in [6.45, 7) is 0. The van der Waals surface area contributed by atoms with Crippen LogP contribution in [0.5, 0.6) is 17.2 Å². The van der Waals surface area contributed by atoms with E-state index in [1.165, 1.54) is 0 Å². The molecule has 1 saturated heterocycles. The Kier molecular flexibility index (Phi) is 9.31. The molecule has 11 nitrogen and oxygen atoms in total. The normalized spacial score (nSPS) is 24.4. The highest BCUT2D eigenvalue weighted by Crippen LogP contribution is 2.39. The maximum atomic E-state index is 12.2. The number of aliphatic hydroxyl groups excluding tert-OH is 3. The van der Waals surface area contributed by atoms with Crippen LogP contribution in [0.2, 0.25) is 0 Å². The molecule has 12 heteroatoms. The van der Waals surface area contributed by atoms with Crippen molar-refractivity contribution in [1.29, 1.82) is 0 Å². The van der Waals surface area contributed by atoms with Crippen molar-refractivity contribution in [2.75, 3.05) is 11.5 Å². The summed E-state index contributed by atoms with van der Waals surface area (Å²) in [5.41, 5.74) is 2.44. The Labute approximate surface area is 225 Å². The maximum Gasteiger partial charge on any atom is 0.325 e. The van der Waals surface area contributed by atoms with Gasteiger partial charge in [0, 0.05) is 30.7 Å². The fourth-order valence-electron chi connectivity index (χ4n) is 4.49. The van der Waals surface area contributed by atoms with Crippen LogP contribution in [0.3, 0.4) is 0 Å². The molecule has 2 aliphatic heterocycles. The lowest BCUT2D eigenvalue weighted by atomic mass is 9.97. The fraction of sp³-hybridized carbons (Fsp3) is 0.444. The Bertz CT molecular complexity index is 1270. The van der Waals surface area contributed by atoms with Crippen LogP contribution in [0.1, 0.15) is 36.8 Å². The number of aryl methyl sites for hydroxylation is 2. The molecule has 2 heterocycles. The lowest BCUT2D eigenvalue weighted by Gasteiger charge is -2.40. The third-order valence-corrected chi connectivity index (χ3v) is 7.46. The van der Waals surface area contributed by atoms with Crippen LogP contribution in [-0.2, 0) is 26.9 Å². The van der Waals surface area contributed by atoms with Crippen LogP contribution in [0.25, 0.3) is 0 Å². The van der Waals surface area contributed by atoms with E-state index in [0.29, 0.717) is 49.3 Å². The first-order valence-electron chi connectivity index (χ1n) is 12.6. The quantitative estimate of drug-likeness (QED) is 0.151. The number of nitrogens with one attached hydrogen (secondary N) is 1. The van der Waals surface area contributed by atoms with Crippen LogP contribution < -0.4 is 14.8 Å². The summed E-state index contributed by atoms with van der Waals surface area (Å²) in [5, 5.41) is 33.7. The number of carbonyl (C=O) groups is 1. The average Bonchev–Trinajstić information content (AvgIpc) is 3.06. The van der Waals surface area contributed by atoms with Crippen molar-refractivity contribution >= 4 is 19.2 Å². The van der Waals surface area contributed by atoms with E-state index in [1.807, 2.05) is 12.1 Å². The van der Waals surface area contributed by atoms with E-state index >= 15 is 0 Å². The van der Waals surface area contributed by atoms with E-state index in [1.54, 1.807) is 24.3 Å². The minimum absolute atomic E-state index is 0.146. The number of hydrogen-bond donors (Lipinski definition) is 6. The molecule has 0 radical (unpaired) electrons. The van der Waals surface area contributed by atoms with Crippen molar-refractivity contribution in [3.8, 4) is 29.6 Å². The third kappa shape index (κ3) is 7.59. The molecular formula is C27H32NO10P. The standard InChI is InChI=1S/C27H32NO10P/c1-2-3-4-5-23(29)28-18-10-8-16-6-7-17-9-11-19(15-22(17)37-21(16)14-18)36-27-26(32)25(31)24(30)20(38-27)12-13-39(33,34)35/h1,8-11,14-15,20,24-27,30-32H,3-7,12-13H2,(H,28,29)(H2,33,34,35)/t20-,24-,25+,26+,27+/m1/s1. The molecule has 0 saturated carbocycles. The van der Waals surface area contributed by atoms with Crippen LogP contribution in [0.4, 0.5) is 5.69 Å². The summed E-state index contributed by atoms with van der Waals surface area (Å²) in [4.78, 5) is 30.5. The van der Waals surface area contributed by atoms with Crippen LogP contribution >= 0.6 is 7.60 Å². The zero-order chi connectivity index (χ0) is 28.2. The number of carbonyl (C=O) groups excluding carboxylic acids is 1. The number of amides is 1. The maximum absolute atomic E-state index is 12.2. The Morgan fingerprint density at radius 2 is 1.74 bits per heavy atom. The van der Waals surface area contributed by atoms with Gasteiger partial charge in [0.1, 0.15) is 35.6 Å². The predicted octanol–water partition coefficient (Wildman–Crippen LogP) is 2.07. The van der Waals surface area contributed by atoms with Gasteiger partial charge in [0.15, 0.2) is 0 Å². The number of ether oxygens (including phenoxy) is 3. The Morgan fingerprint density at radius 3 is 2.44 bits per heavy atom. The highest BCUT2D eigenvalue weighted by Gasteiger charge is 2.45. The first-order chi connectivity index (χ1) is 18.5. The molecule has 39 heavy (non-hydrogen) atoms. The molecule has 2 aromatic rings. The molecule has 4 rings (SSSR count). The second kappa shape index (κ2) is 12.5. The van der Waals surface area contributed by atoms with Gasteiger partial charge in [0.05, 0.1) is 12.3 Å². The molecule has 6 N–H and O–H groups in total. The first kappa shape index (κ1) is 29.1. The second-order valence-corrected chi connectivity index (χ2v) is 11.4. The van der Waals surface area contributed by atoms with Gasteiger partial charge in [-0.25, -0.2) is 0 Å². The lowest BCUT2D eigenvalue weighted by molar-refractivity contribution is -0.272. The van der Waals surface area contributed by atoms with Gasteiger partial charge in [0.25, 0.3) is 0 Å². The Hall–Kier alpha value is -2.94. The van der Waals surface area contributed by atoms with Gasteiger partial charge < -0.3 is 44.6 Å². The average molecular weight is 562 g/mol.